The zero-order valence-electron chi connectivity index (χ0n) is 5.29. The maximum absolute atomic E-state index is 10.0. The van der Waals surface area contributed by atoms with Crippen LogP contribution in [0, 0.1) is 18.3 Å². The molecular formula is C6H4N2O2. The van der Waals surface area contributed by atoms with Gasteiger partial charge in [0.2, 0.25) is 6.29 Å². The van der Waals surface area contributed by atoms with Crippen molar-refractivity contribution in [2.24, 2.45) is 0 Å². The second kappa shape index (κ2) is 2.31. The Morgan fingerprint density at radius 1 is 1.80 bits per heavy atom. The molecule has 0 radical (unpaired) electrons. The lowest BCUT2D eigenvalue weighted by Crippen LogP contribution is -1.78. The van der Waals surface area contributed by atoms with Gasteiger partial charge in [0, 0.05) is 0 Å². The minimum absolute atomic E-state index is 0.0472. The van der Waals surface area contributed by atoms with Crippen molar-refractivity contribution in [3.05, 3.63) is 17.3 Å². The molecular weight excluding hydrogens is 132 g/mol. The minimum Gasteiger partial charge on any atom is -0.438 e. The first kappa shape index (κ1) is 6.49. The molecule has 0 spiro atoms. The molecule has 0 amide bonds. The summed E-state index contributed by atoms with van der Waals surface area (Å²) in [6.45, 7) is 1.58. The smallest absolute Gasteiger partial charge is 0.261 e. The third-order valence-corrected chi connectivity index (χ3v) is 1.02. The van der Waals surface area contributed by atoms with Gasteiger partial charge in [-0.05, 0) is 6.92 Å². The molecule has 0 bridgehead atoms. The molecule has 1 aromatic heterocycles. The van der Waals surface area contributed by atoms with Crippen LogP contribution in [0.4, 0.5) is 0 Å². The number of aryl methyl sites for hydroxylation is 1. The van der Waals surface area contributed by atoms with E-state index in [1.165, 1.54) is 0 Å². The number of aldehydes is 1. The Kier molecular flexibility index (Phi) is 1.50. The molecule has 0 saturated carbocycles. The van der Waals surface area contributed by atoms with E-state index in [2.05, 4.69) is 4.98 Å². The maximum atomic E-state index is 10.0. The van der Waals surface area contributed by atoms with E-state index in [0.29, 0.717) is 12.0 Å². The summed E-state index contributed by atoms with van der Waals surface area (Å²) < 4.78 is 4.75. The highest BCUT2D eigenvalue weighted by Gasteiger charge is 2.05. The van der Waals surface area contributed by atoms with E-state index in [1.807, 2.05) is 0 Å². The van der Waals surface area contributed by atoms with Gasteiger partial charge in [-0.1, -0.05) is 0 Å². The van der Waals surface area contributed by atoms with Gasteiger partial charge < -0.3 is 4.42 Å². The van der Waals surface area contributed by atoms with Gasteiger partial charge in [0.15, 0.2) is 5.69 Å². The molecule has 0 aliphatic heterocycles. The van der Waals surface area contributed by atoms with Gasteiger partial charge in [-0.2, -0.15) is 10.2 Å². The normalized spacial score (nSPS) is 8.80. The summed E-state index contributed by atoms with van der Waals surface area (Å²) in [5.74, 6) is 0.332. The highest BCUT2D eigenvalue weighted by atomic mass is 16.4. The van der Waals surface area contributed by atoms with Crippen LogP contribution < -0.4 is 0 Å². The first-order chi connectivity index (χ1) is 4.77. The number of carbonyl (C=O) groups is 1. The lowest BCUT2D eigenvalue weighted by molar-refractivity contribution is 0.109. The molecule has 0 saturated heterocycles. The molecule has 0 unspecified atom stereocenters. The first-order valence-electron chi connectivity index (χ1n) is 2.60. The minimum atomic E-state index is -0.0472. The van der Waals surface area contributed by atoms with E-state index in [-0.39, 0.29) is 11.6 Å². The number of nitrogens with zero attached hydrogens (tertiary/aromatic N) is 2. The fourth-order valence-electron chi connectivity index (χ4n) is 0.571. The zero-order valence-corrected chi connectivity index (χ0v) is 5.29. The predicted octanol–water partition coefficient (Wildman–Crippen LogP) is 0.667. The number of aromatic nitrogens is 1. The zero-order chi connectivity index (χ0) is 7.56. The standard InChI is InChI=1S/C6H4N2O2/c1-4-5(2-7)8-6(3-9)10-4/h3H,1H3. The topological polar surface area (TPSA) is 66.9 Å². The summed E-state index contributed by atoms with van der Waals surface area (Å²) in [4.78, 5) is 13.6. The van der Waals surface area contributed by atoms with E-state index < -0.39 is 0 Å². The molecule has 0 fully saturated rings. The maximum Gasteiger partial charge on any atom is 0.261 e. The lowest BCUT2D eigenvalue weighted by Gasteiger charge is -1.75. The SMILES string of the molecule is Cc1oc(C=O)nc1C#N. The van der Waals surface area contributed by atoms with Gasteiger partial charge in [-0.3, -0.25) is 4.79 Å². The van der Waals surface area contributed by atoms with Crippen LogP contribution in [0.25, 0.3) is 0 Å². The van der Waals surface area contributed by atoms with Crippen molar-refractivity contribution in [3.63, 3.8) is 0 Å². The third kappa shape index (κ3) is 0.890. The summed E-state index contributed by atoms with van der Waals surface area (Å²) in [6.07, 6.45) is 0.466. The Morgan fingerprint density at radius 3 is 2.80 bits per heavy atom. The molecule has 0 N–H and O–H groups in total. The highest BCUT2D eigenvalue weighted by Crippen LogP contribution is 2.05. The first-order valence-corrected chi connectivity index (χ1v) is 2.60. The number of hydrogen-bond acceptors (Lipinski definition) is 4. The molecule has 0 aliphatic rings. The van der Waals surface area contributed by atoms with E-state index in [9.17, 15) is 4.79 Å². The molecule has 0 aromatic carbocycles. The number of hydrogen-bond donors (Lipinski definition) is 0. The van der Waals surface area contributed by atoms with Crippen LogP contribution in [0.2, 0.25) is 0 Å². The Bertz CT molecular complexity index is 295. The van der Waals surface area contributed by atoms with Crippen LogP contribution in [-0.4, -0.2) is 11.3 Å². The van der Waals surface area contributed by atoms with Crippen LogP contribution in [0.1, 0.15) is 22.1 Å². The Hall–Kier alpha value is -1.63. The second-order valence-corrected chi connectivity index (χ2v) is 1.69. The van der Waals surface area contributed by atoms with E-state index in [4.69, 9.17) is 9.68 Å². The Morgan fingerprint density at radius 2 is 2.50 bits per heavy atom. The van der Waals surface area contributed by atoms with Gasteiger partial charge in [-0.25, -0.2) is 0 Å². The quantitative estimate of drug-likeness (QED) is 0.532. The molecule has 1 aromatic rings. The predicted molar refractivity (Wildman–Crippen MR) is 31.3 cm³/mol. The van der Waals surface area contributed by atoms with Crippen molar-refractivity contribution >= 4 is 6.29 Å². The average Bonchev–Trinajstić information content (AvgIpc) is 2.30. The van der Waals surface area contributed by atoms with E-state index in [0.717, 1.165) is 0 Å². The Labute approximate surface area is 57.1 Å². The van der Waals surface area contributed by atoms with Gasteiger partial charge in [0.05, 0.1) is 0 Å². The van der Waals surface area contributed by atoms with Crippen molar-refractivity contribution in [1.29, 1.82) is 5.26 Å². The molecule has 1 heterocycles. The molecule has 10 heavy (non-hydrogen) atoms. The van der Waals surface area contributed by atoms with Crippen molar-refractivity contribution in [2.45, 2.75) is 6.92 Å². The van der Waals surface area contributed by atoms with E-state index >= 15 is 0 Å². The van der Waals surface area contributed by atoms with Crippen LogP contribution >= 0.6 is 0 Å². The van der Waals surface area contributed by atoms with E-state index in [1.54, 1.807) is 13.0 Å². The van der Waals surface area contributed by atoms with Gasteiger partial charge in [-0.15, -0.1) is 0 Å². The highest BCUT2D eigenvalue weighted by molar-refractivity contribution is 5.67. The third-order valence-electron chi connectivity index (χ3n) is 1.02. The fourth-order valence-corrected chi connectivity index (χ4v) is 0.571. The van der Waals surface area contributed by atoms with Gasteiger partial charge >= 0.3 is 0 Å². The van der Waals surface area contributed by atoms with Crippen LogP contribution in [0.5, 0.6) is 0 Å². The number of rotatable bonds is 1. The summed E-state index contributed by atoms with van der Waals surface area (Å²) in [5.41, 5.74) is 0.169. The largest absolute Gasteiger partial charge is 0.438 e. The molecule has 1 rings (SSSR count). The second-order valence-electron chi connectivity index (χ2n) is 1.69. The number of carbonyl (C=O) groups excluding carboxylic acids is 1. The van der Waals surface area contributed by atoms with Crippen molar-refractivity contribution in [1.82, 2.24) is 4.98 Å². The average molecular weight is 136 g/mol. The monoisotopic (exact) mass is 136 g/mol. The van der Waals surface area contributed by atoms with Crippen LogP contribution in [-0.2, 0) is 0 Å². The summed E-state index contributed by atoms with van der Waals surface area (Å²) >= 11 is 0. The van der Waals surface area contributed by atoms with Gasteiger partial charge in [0.25, 0.3) is 5.89 Å². The number of nitriles is 1. The summed E-state index contributed by atoms with van der Waals surface area (Å²) in [7, 11) is 0. The van der Waals surface area contributed by atoms with Gasteiger partial charge in [0.1, 0.15) is 11.8 Å². The summed E-state index contributed by atoms with van der Waals surface area (Å²) in [5, 5.41) is 8.34. The van der Waals surface area contributed by atoms with Crippen molar-refractivity contribution in [3.8, 4) is 6.07 Å². The number of oxazole rings is 1. The molecule has 0 atom stereocenters. The molecule has 4 nitrogen and oxygen atoms in total. The fraction of sp³-hybridized carbons (Fsp3) is 0.167. The molecule has 0 aliphatic carbocycles. The molecule has 50 valence electrons. The van der Waals surface area contributed by atoms with Crippen LogP contribution in [0.3, 0.4) is 0 Å². The lowest BCUT2D eigenvalue weighted by atomic mass is 10.4. The Balaban J connectivity index is 3.19. The van der Waals surface area contributed by atoms with Crippen LogP contribution in [0.15, 0.2) is 4.42 Å². The summed E-state index contributed by atoms with van der Waals surface area (Å²) in [6, 6.07) is 1.79. The van der Waals surface area contributed by atoms with Crippen molar-refractivity contribution < 1.29 is 9.21 Å². The molecule has 4 heteroatoms. The van der Waals surface area contributed by atoms with Crippen molar-refractivity contribution in [2.75, 3.05) is 0 Å².